The van der Waals surface area contributed by atoms with Gasteiger partial charge in [0.25, 0.3) is 0 Å². The lowest BCUT2D eigenvalue weighted by atomic mass is 9.98. The number of hydrogen-bond donors (Lipinski definition) is 2. The molecular formula is C21H20ClNO. The summed E-state index contributed by atoms with van der Waals surface area (Å²) in [7, 11) is 0. The van der Waals surface area contributed by atoms with Crippen molar-refractivity contribution < 1.29 is 5.11 Å². The Balaban J connectivity index is 1.76. The summed E-state index contributed by atoms with van der Waals surface area (Å²) >= 11 is 5.91. The van der Waals surface area contributed by atoms with Gasteiger partial charge >= 0.3 is 0 Å². The van der Waals surface area contributed by atoms with Crippen LogP contribution in [-0.4, -0.2) is 11.7 Å². The molecule has 2 N–H and O–H groups in total. The van der Waals surface area contributed by atoms with Crippen LogP contribution in [0.15, 0.2) is 84.9 Å². The number of hydrogen-bond acceptors (Lipinski definition) is 2. The second-order valence-corrected chi connectivity index (χ2v) is 6.17. The first-order valence-electron chi connectivity index (χ1n) is 8.01. The van der Waals surface area contributed by atoms with Gasteiger partial charge in [-0.1, -0.05) is 84.4 Å². The zero-order valence-electron chi connectivity index (χ0n) is 13.3. The van der Waals surface area contributed by atoms with Gasteiger partial charge in [-0.3, -0.25) is 0 Å². The zero-order valence-corrected chi connectivity index (χ0v) is 14.0. The minimum atomic E-state index is -0.586. The highest BCUT2D eigenvalue weighted by Gasteiger charge is 2.15. The van der Waals surface area contributed by atoms with Gasteiger partial charge in [0, 0.05) is 11.6 Å². The van der Waals surface area contributed by atoms with Crippen molar-refractivity contribution in [2.75, 3.05) is 6.54 Å². The number of rotatable bonds is 6. The van der Waals surface area contributed by atoms with Crippen LogP contribution in [0.2, 0.25) is 5.02 Å². The third kappa shape index (κ3) is 4.24. The Hall–Kier alpha value is -2.13. The maximum absolute atomic E-state index is 10.4. The van der Waals surface area contributed by atoms with E-state index in [0.29, 0.717) is 11.6 Å². The number of aliphatic hydroxyl groups is 1. The maximum Gasteiger partial charge on any atom is 0.0914 e. The summed E-state index contributed by atoms with van der Waals surface area (Å²) in [5.41, 5.74) is 3.20. The van der Waals surface area contributed by atoms with Crippen LogP contribution < -0.4 is 5.32 Å². The first-order valence-corrected chi connectivity index (χ1v) is 8.38. The van der Waals surface area contributed by atoms with Crippen LogP contribution in [0.5, 0.6) is 0 Å². The molecule has 0 aromatic heterocycles. The highest BCUT2D eigenvalue weighted by Crippen LogP contribution is 2.23. The average molecular weight is 338 g/mol. The van der Waals surface area contributed by atoms with Crippen molar-refractivity contribution in [1.82, 2.24) is 5.32 Å². The molecule has 122 valence electrons. The number of aliphatic hydroxyl groups excluding tert-OH is 1. The summed E-state index contributed by atoms with van der Waals surface area (Å²) in [5.74, 6) is 0. The molecule has 0 aliphatic carbocycles. The van der Waals surface area contributed by atoms with Gasteiger partial charge in [0.2, 0.25) is 0 Å². The molecule has 3 rings (SSSR count). The normalized spacial score (nSPS) is 12.3. The molecule has 1 atom stereocenters. The van der Waals surface area contributed by atoms with Gasteiger partial charge in [0.1, 0.15) is 0 Å². The predicted molar refractivity (Wildman–Crippen MR) is 99.1 cm³/mol. The van der Waals surface area contributed by atoms with Gasteiger partial charge in [-0.05, 0) is 28.8 Å². The summed E-state index contributed by atoms with van der Waals surface area (Å²) < 4.78 is 0. The summed E-state index contributed by atoms with van der Waals surface area (Å²) in [5, 5.41) is 14.6. The third-order valence-corrected chi connectivity index (χ3v) is 4.29. The van der Waals surface area contributed by atoms with Crippen molar-refractivity contribution in [2.24, 2.45) is 0 Å². The Morgan fingerprint density at radius 3 is 1.71 bits per heavy atom. The smallest absolute Gasteiger partial charge is 0.0914 e. The van der Waals surface area contributed by atoms with Gasteiger partial charge < -0.3 is 10.4 Å². The molecule has 2 nitrogen and oxygen atoms in total. The van der Waals surface area contributed by atoms with E-state index in [1.165, 1.54) is 11.1 Å². The van der Waals surface area contributed by atoms with Crippen molar-refractivity contribution in [3.63, 3.8) is 0 Å². The monoisotopic (exact) mass is 337 g/mol. The van der Waals surface area contributed by atoms with Crippen LogP contribution in [0.1, 0.15) is 28.8 Å². The van der Waals surface area contributed by atoms with Crippen LogP contribution in [0.3, 0.4) is 0 Å². The van der Waals surface area contributed by atoms with Gasteiger partial charge in [-0.25, -0.2) is 0 Å². The fourth-order valence-electron chi connectivity index (χ4n) is 2.75. The lowest BCUT2D eigenvalue weighted by Crippen LogP contribution is -2.27. The van der Waals surface area contributed by atoms with Crippen LogP contribution >= 0.6 is 11.6 Å². The molecule has 3 heteroatoms. The van der Waals surface area contributed by atoms with E-state index in [4.69, 9.17) is 11.6 Å². The summed E-state index contributed by atoms with van der Waals surface area (Å²) in [4.78, 5) is 0. The summed E-state index contributed by atoms with van der Waals surface area (Å²) in [6.07, 6.45) is -0.586. The Labute approximate surface area is 147 Å². The minimum absolute atomic E-state index is 0.0364. The highest BCUT2D eigenvalue weighted by molar-refractivity contribution is 6.30. The summed E-state index contributed by atoms with van der Waals surface area (Å²) in [6.45, 7) is 0.454. The Morgan fingerprint density at radius 1 is 0.708 bits per heavy atom. The van der Waals surface area contributed by atoms with E-state index in [2.05, 4.69) is 29.6 Å². The molecule has 24 heavy (non-hydrogen) atoms. The van der Waals surface area contributed by atoms with Gasteiger partial charge in [-0.2, -0.15) is 0 Å². The quantitative estimate of drug-likeness (QED) is 0.680. The van der Waals surface area contributed by atoms with Crippen molar-refractivity contribution in [3.8, 4) is 0 Å². The van der Waals surface area contributed by atoms with E-state index in [-0.39, 0.29) is 6.04 Å². The first-order chi connectivity index (χ1) is 11.7. The zero-order chi connectivity index (χ0) is 16.8. The number of halogens is 1. The number of nitrogens with one attached hydrogen (secondary N) is 1. The van der Waals surface area contributed by atoms with E-state index in [1.807, 2.05) is 48.5 Å². The topological polar surface area (TPSA) is 32.3 Å². The van der Waals surface area contributed by atoms with E-state index in [1.54, 1.807) is 12.1 Å². The number of benzene rings is 3. The van der Waals surface area contributed by atoms with E-state index in [9.17, 15) is 5.11 Å². The molecule has 0 fully saturated rings. The lowest BCUT2D eigenvalue weighted by molar-refractivity contribution is 0.172. The SMILES string of the molecule is OC(CNC(c1ccccc1)c1ccccc1)c1ccc(Cl)cc1. The van der Waals surface area contributed by atoms with E-state index >= 15 is 0 Å². The fourth-order valence-corrected chi connectivity index (χ4v) is 2.88. The molecule has 0 amide bonds. The minimum Gasteiger partial charge on any atom is -0.387 e. The van der Waals surface area contributed by atoms with Crippen LogP contribution in [0.25, 0.3) is 0 Å². The van der Waals surface area contributed by atoms with Crippen LogP contribution in [0, 0.1) is 0 Å². The largest absolute Gasteiger partial charge is 0.387 e. The predicted octanol–water partition coefficient (Wildman–Crippen LogP) is 4.75. The van der Waals surface area contributed by atoms with E-state index < -0.39 is 6.10 Å². The molecule has 1 unspecified atom stereocenters. The molecule has 0 aliphatic heterocycles. The van der Waals surface area contributed by atoms with Gasteiger partial charge in [-0.15, -0.1) is 0 Å². The molecule has 3 aromatic rings. The molecular weight excluding hydrogens is 318 g/mol. The first kappa shape index (κ1) is 16.7. The highest BCUT2D eigenvalue weighted by atomic mass is 35.5. The standard InChI is InChI=1S/C21H20ClNO/c22-19-13-11-16(12-14-19)20(24)15-23-21(17-7-3-1-4-8-17)18-9-5-2-6-10-18/h1-14,20-21,23-24H,15H2. The molecule has 3 aromatic carbocycles. The second kappa shape index (κ2) is 8.11. The molecule has 0 aliphatic rings. The molecule has 0 bridgehead atoms. The van der Waals surface area contributed by atoms with E-state index in [0.717, 1.165) is 5.56 Å². The van der Waals surface area contributed by atoms with Crippen molar-refractivity contribution in [1.29, 1.82) is 0 Å². The lowest BCUT2D eigenvalue weighted by Gasteiger charge is -2.22. The molecule has 0 spiro atoms. The summed E-state index contributed by atoms with van der Waals surface area (Å²) in [6, 6.07) is 27.9. The Kier molecular flexibility index (Phi) is 5.65. The molecule has 0 heterocycles. The van der Waals surface area contributed by atoms with Crippen molar-refractivity contribution >= 4 is 11.6 Å². The molecule has 0 radical (unpaired) electrons. The van der Waals surface area contributed by atoms with Crippen LogP contribution in [-0.2, 0) is 0 Å². The van der Waals surface area contributed by atoms with Gasteiger partial charge in [0.05, 0.1) is 12.1 Å². The molecule has 0 saturated heterocycles. The van der Waals surface area contributed by atoms with Crippen molar-refractivity contribution in [2.45, 2.75) is 12.1 Å². The Morgan fingerprint density at radius 2 is 1.21 bits per heavy atom. The average Bonchev–Trinajstić information content (AvgIpc) is 2.64. The maximum atomic E-state index is 10.4. The second-order valence-electron chi connectivity index (χ2n) is 5.73. The van der Waals surface area contributed by atoms with Crippen LogP contribution in [0.4, 0.5) is 0 Å². The fraction of sp³-hybridized carbons (Fsp3) is 0.143. The van der Waals surface area contributed by atoms with Crippen molar-refractivity contribution in [3.05, 3.63) is 107 Å². The third-order valence-electron chi connectivity index (χ3n) is 4.04. The Bertz CT molecular complexity index is 704. The van der Waals surface area contributed by atoms with Gasteiger partial charge in [0.15, 0.2) is 0 Å². The molecule has 0 saturated carbocycles.